The molecule has 0 spiro atoms. The van der Waals surface area contributed by atoms with Crippen LogP contribution >= 0.6 is 11.6 Å². The minimum Gasteiger partial charge on any atom is -0.380 e. The molecule has 0 radical (unpaired) electrons. The van der Waals surface area contributed by atoms with Crippen LogP contribution in [-0.2, 0) is 13.1 Å². The average Bonchev–Trinajstić information content (AvgIpc) is 2.79. The number of benzene rings is 1. The number of halogens is 1. The fourth-order valence-electron chi connectivity index (χ4n) is 2.77. The first-order chi connectivity index (χ1) is 10.6. The maximum atomic E-state index is 6.13. The Bertz CT molecular complexity index is 823. The van der Waals surface area contributed by atoms with E-state index in [0.717, 1.165) is 35.4 Å². The molecule has 3 rings (SSSR count). The summed E-state index contributed by atoms with van der Waals surface area (Å²) in [6, 6.07) is 9.87. The first kappa shape index (κ1) is 14.9. The molecule has 0 fully saturated rings. The second-order valence-electron chi connectivity index (χ2n) is 5.33. The van der Waals surface area contributed by atoms with Crippen molar-refractivity contribution in [3.8, 4) is 0 Å². The zero-order valence-corrected chi connectivity index (χ0v) is 13.8. The van der Waals surface area contributed by atoms with Gasteiger partial charge in [-0.25, -0.2) is 4.98 Å². The van der Waals surface area contributed by atoms with E-state index >= 15 is 0 Å². The third-order valence-corrected chi connectivity index (χ3v) is 4.17. The van der Waals surface area contributed by atoms with Gasteiger partial charge >= 0.3 is 0 Å². The van der Waals surface area contributed by atoms with Crippen LogP contribution in [0.25, 0.3) is 10.9 Å². The van der Waals surface area contributed by atoms with Crippen molar-refractivity contribution in [2.75, 3.05) is 5.32 Å². The van der Waals surface area contributed by atoms with Gasteiger partial charge in [-0.05, 0) is 32.9 Å². The van der Waals surface area contributed by atoms with Crippen molar-refractivity contribution >= 4 is 28.2 Å². The summed E-state index contributed by atoms with van der Waals surface area (Å²) in [6.07, 6.45) is 0. The number of hydrogen-bond acceptors (Lipinski definition) is 3. The highest BCUT2D eigenvalue weighted by molar-refractivity contribution is 6.30. The fourth-order valence-corrected chi connectivity index (χ4v) is 2.97. The number of nitrogens with one attached hydrogen (secondary N) is 1. The van der Waals surface area contributed by atoms with Crippen molar-refractivity contribution in [3.05, 3.63) is 52.4 Å². The molecule has 0 saturated heterocycles. The number of pyridine rings is 1. The minimum absolute atomic E-state index is 0.499. The van der Waals surface area contributed by atoms with E-state index in [0.29, 0.717) is 5.15 Å². The summed E-state index contributed by atoms with van der Waals surface area (Å²) in [7, 11) is 0. The van der Waals surface area contributed by atoms with E-state index in [4.69, 9.17) is 11.6 Å². The Kier molecular flexibility index (Phi) is 4.03. The van der Waals surface area contributed by atoms with Crippen LogP contribution in [0.15, 0.2) is 30.3 Å². The number of nitrogens with zero attached hydrogens (tertiary/aromatic N) is 3. The van der Waals surface area contributed by atoms with Crippen LogP contribution in [0.1, 0.15) is 23.9 Å². The Morgan fingerprint density at radius 1 is 1.23 bits per heavy atom. The molecule has 0 unspecified atom stereocenters. The van der Waals surface area contributed by atoms with Crippen molar-refractivity contribution < 1.29 is 0 Å². The summed E-state index contributed by atoms with van der Waals surface area (Å²) in [5, 5.41) is 9.62. The first-order valence-electron chi connectivity index (χ1n) is 7.42. The van der Waals surface area contributed by atoms with Crippen LogP contribution in [0.5, 0.6) is 0 Å². The molecule has 0 saturated carbocycles. The second-order valence-corrected chi connectivity index (χ2v) is 5.72. The van der Waals surface area contributed by atoms with Crippen molar-refractivity contribution in [1.82, 2.24) is 14.8 Å². The molecular formula is C17H19ClN4. The quantitative estimate of drug-likeness (QED) is 0.729. The summed E-state index contributed by atoms with van der Waals surface area (Å²) in [5.74, 6) is 0. The molecule has 0 aliphatic rings. The van der Waals surface area contributed by atoms with E-state index in [1.165, 1.54) is 11.3 Å². The zero-order chi connectivity index (χ0) is 15.7. The van der Waals surface area contributed by atoms with Crippen molar-refractivity contribution in [2.24, 2.45) is 0 Å². The van der Waals surface area contributed by atoms with Crippen LogP contribution in [0, 0.1) is 13.8 Å². The Morgan fingerprint density at radius 3 is 2.73 bits per heavy atom. The molecule has 4 nitrogen and oxygen atoms in total. The molecule has 0 aliphatic heterocycles. The Morgan fingerprint density at radius 2 is 2.00 bits per heavy atom. The topological polar surface area (TPSA) is 42.7 Å². The highest BCUT2D eigenvalue weighted by Gasteiger charge is 2.11. The lowest BCUT2D eigenvalue weighted by atomic mass is 10.1. The first-order valence-corrected chi connectivity index (χ1v) is 7.80. The van der Waals surface area contributed by atoms with Gasteiger partial charge in [0.1, 0.15) is 5.15 Å². The van der Waals surface area contributed by atoms with E-state index in [-0.39, 0.29) is 0 Å². The van der Waals surface area contributed by atoms with Crippen molar-refractivity contribution in [2.45, 2.75) is 33.9 Å². The Hall–Kier alpha value is -2.07. The monoisotopic (exact) mass is 314 g/mol. The molecule has 5 heteroatoms. The number of hydrogen-bond donors (Lipinski definition) is 1. The summed E-state index contributed by atoms with van der Waals surface area (Å²) in [6.45, 7) is 7.87. The highest BCUT2D eigenvalue weighted by atomic mass is 35.5. The van der Waals surface area contributed by atoms with Crippen LogP contribution in [0.4, 0.5) is 5.69 Å². The SMILES string of the molecule is CCn1nc(C)c(CNc2cc(Cl)nc3ccccc23)c1C. The summed E-state index contributed by atoms with van der Waals surface area (Å²) in [5.41, 5.74) is 5.40. The number of rotatable bonds is 4. The lowest BCUT2D eigenvalue weighted by molar-refractivity contribution is 0.633. The molecule has 1 N–H and O–H groups in total. The van der Waals surface area contributed by atoms with E-state index in [9.17, 15) is 0 Å². The maximum absolute atomic E-state index is 6.13. The second kappa shape index (κ2) is 5.97. The molecule has 2 heterocycles. The Labute approximate surface area is 135 Å². The van der Waals surface area contributed by atoms with Crippen molar-refractivity contribution in [1.29, 1.82) is 0 Å². The lowest BCUT2D eigenvalue weighted by Gasteiger charge is -2.11. The van der Waals surface area contributed by atoms with Gasteiger partial charge in [-0.3, -0.25) is 4.68 Å². The molecule has 1 aromatic carbocycles. The van der Waals surface area contributed by atoms with Crippen LogP contribution in [0.2, 0.25) is 5.15 Å². The van der Waals surface area contributed by atoms with Gasteiger partial charge in [-0.15, -0.1) is 0 Å². The van der Waals surface area contributed by atoms with E-state index in [1.54, 1.807) is 0 Å². The number of fused-ring (bicyclic) bond motifs is 1. The molecule has 2 aromatic heterocycles. The molecule has 0 aliphatic carbocycles. The highest BCUT2D eigenvalue weighted by Crippen LogP contribution is 2.26. The molecule has 3 aromatic rings. The molecule has 0 amide bonds. The molecule has 114 valence electrons. The standard InChI is InChI=1S/C17H19ClN4/c1-4-22-12(3)14(11(2)21-22)10-19-16-9-17(18)20-15-8-6-5-7-13(15)16/h5-9H,4,10H2,1-3H3,(H,19,20). The van der Waals surface area contributed by atoms with E-state index in [1.807, 2.05) is 35.9 Å². The average molecular weight is 315 g/mol. The summed E-state index contributed by atoms with van der Waals surface area (Å²) >= 11 is 6.13. The third-order valence-electron chi connectivity index (χ3n) is 3.97. The molecular weight excluding hydrogens is 296 g/mol. The van der Waals surface area contributed by atoms with Gasteiger partial charge in [-0.2, -0.15) is 5.10 Å². The van der Waals surface area contributed by atoms with Gasteiger partial charge in [0.25, 0.3) is 0 Å². The summed E-state index contributed by atoms with van der Waals surface area (Å²) < 4.78 is 2.03. The number of aromatic nitrogens is 3. The van der Waals surface area contributed by atoms with E-state index < -0.39 is 0 Å². The van der Waals surface area contributed by atoms with Crippen LogP contribution < -0.4 is 5.32 Å². The van der Waals surface area contributed by atoms with Crippen molar-refractivity contribution in [3.63, 3.8) is 0 Å². The molecule has 0 atom stereocenters. The predicted octanol–water partition coefficient (Wildman–Crippen LogP) is 4.33. The number of para-hydroxylation sites is 1. The lowest BCUT2D eigenvalue weighted by Crippen LogP contribution is -2.04. The summed E-state index contributed by atoms with van der Waals surface area (Å²) in [4.78, 5) is 4.35. The zero-order valence-electron chi connectivity index (χ0n) is 13.0. The maximum Gasteiger partial charge on any atom is 0.131 e. The molecule has 0 bridgehead atoms. The fraction of sp³-hybridized carbons (Fsp3) is 0.294. The van der Waals surface area contributed by atoms with Gasteiger partial charge in [0.2, 0.25) is 0 Å². The smallest absolute Gasteiger partial charge is 0.131 e. The van der Waals surface area contributed by atoms with Gasteiger partial charge in [-0.1, -0.05) is 29.8 Å². The number of aryl methyl sites for hydroxylation is 2. The van der Waals surface area contributed by atoms with Gasteiger partial charge in [0.05, 0.1) is 11.2 Å². The van der Waals surface area contributed by atoms with Crippen LogP contribution in [0.3, 0.4) is 0 Å². The van der Waals surface area contributed by atoms with Gasteiger partial charge in [0, 0.05) is 35.4 Å². The third kappa shape index (κ3) is 2.66. The van der Waals surface area contributed by atoms with Crippen LogP contribution in [-0.4, -0.2) is 14.8 Å². The largest absolute Gasteiger partial charge is 0.380 e. The number of anilines is 1. The Balaban J connectivity index is 1.93. The van der Waals surface area contributed by atoms with E-state index in [2.05, 4.69) is 35.3 Å². The molecule has 22 heavy (non-hydrogen) atoms. The minimum atomic E-state index is 0.499. The normalized spacial score (nSPS) is 11.1. The van der Waals surface area contributed by atoms with Gasteiger partial charge < -0.3 is 5.32 Å². The predicted molar refractivity (Wildman–Crippen MR) is 91.5 cm³/mol. The van der Waals surface area contributed by atoms with Gasteiger partial charge in [0.15, 0.2) is 0 Å².